The van der Waals surface area contributed by atoms with Gasteiger partial charge in [0.15, 0.2) is 0 Å². The third-order valence-corrected chi connectivity index (χ3v) is 3.87. The van der Waals surface area contributed by atoms with E-state index >= 15 is 0 Å². The molecule has 0 amide bonds. The molecule has 2 N–H and O–H groups in total. The largest absolute Gasteiger partial charge is 0.497 e. The van der Waals surface area contributed by atoms with Crippen LogP contribution in [0.15, 0.2) is 18.2 Å². The van der Waals surface area contributed by atoms with Crippen LogP contribution in [0.1, 0.15) is 36.9 Å². The van der Waals surface area contributed by atoms with E-state index in [0.29, 0.717) is 6.04 Å². The average molecular weight is 248 g/mol. The fourth-order valence-electron chi connectivity index (χ4n) is 2.74. The molecule has 0 aliphatic carbocycles. The Hall–Kier alpha value is -1.06. The van der Waals surface area contributed by atoms with E-state index < -0.39 is 0 Å². The Morgan fingerprint density at radius 1 is 1.50 bits per heavy atom. The van der Waals surface area contributed by atoms with Crippen molar-refractivity contribution in [3.05, 3.63) is 29.3 Å². The van der Waals surface area contributed by atoms with E-state index in [2.05, 4.69) is 37.1 Å². The summed E-state index contributed by atoms with van der Waals surface area (Å²) in [7, 11) is 3.93. The normalized spacial score (nSPS) is 21.4. The van der Waals surface area contributed by atoms with Crippen molar-refractivity contribution in [1.29, 1.82) is 0 Å². The molecular formula is C15H24N2O. The molecule has 0 saturated carbocycles. The van der Waals surface area contributed by atoms with E-state index in [1.807, 2.05) is 0 Å². The van der Waals surface area contributed by atoms with Crippen molar-refractivity contribution in [2.45, 2.75) is 38.3 Å². The molecule has 2 atom stereocenters. The second-order valence-electron chi connectivity index (χ2n) is 5.37. The molecule has 0 saturated heterocycles. The molecule has 18 heavy (non-hydrogen) atoms. The van der Waals surface area contributed by atoms with Gasteiger partial charge in [0.1, 0.15) is 5.75 Å². The smallest absolute Gasteiger partial charge is 0.119 e. The number of rotatable bonds is 4. The van der Waals surface area contributed by atoms with Gasteiger partial charge in [-0.15, -0.1) is 0 Å². The van der Waals surface area contributed by atoms with Crippen molar-refractivity contribution in [2.24, 2.45) is 5.73 Å². The van der Waals surface area contributed by atoms with Crippen molar-refractivity contribution in [3.8, 4) is 5.75 Å². The molecule has 3 heteroatoms. The molecule has 2 unspecified atom stereocenters. The Bertz CT molecular complexity index is 403. The minimum absolute atomic E-state index is 0.280. The minimum Gasteiger partial charge on any atom is -0.497 e. The molecule has 0 aromatic heterocycles. The molecule has 100 valence electrons. The summed E-state index contributed by atoms with van der Waals surface area (Å²) in [5, 5.41) is 0. The van der Waals surface area contributed by atoms with Gasteiger partial charge >= 0.3 is 0 Å². The number of hydrogen-bond donors (Lipinski definition) is 1. The quantitative estimate of drug-likeness (QED) is 0.889. The Labute approximate surface area is 110 Å². The lowest BCUT2D eigenvalue weighted by atomic mass is 9.89. The highest BCUT2D eigenvalue weighted by Crippen LogP contribution is 2.34. The molecule has 1 aliphatic rings. The van der Waals surface area contributed by atoms with Crippen LogP contribution in [0.5, 0.6) is 5.75 Å². The molecule has 0 fully saturated rings. The maximum atomic E-state index is 5.88. The number of nitrogens with two attached hydrogens (primary N) is 1. The van der Waals surface area contributed by atoms with Crippen molar-refractivity contribution in [2.75, 3.05) is 20.7 Å². The fraction of sp³-hybridized carbons (Fsp3) is 0.600. The number of methoxy groups -OCH3 is 1. The Morgan fingerprint density at radius 3 is 2.94 bits per heavy atom. The summed E-state index contributed by atoms with van der Waals surface area (Å²) in [6.07, 6.45) is 3.31. The zero-order valence-electron chi connectivity index (χ0n) is 11.6. The molecule has 1 aliphatic heterocycles. The van der Waals surface area contributed by atoms with E-state index in [-0.39, 0.29) is 6.04 Å². The van der Waals surface area contributed by atoms with Gasteiger partial charge in [-0.1, -0.05) is 6.07 Å². The molecular weight excluding hydrogens is 224 g/mol. The van der Waals surface area contributed by atoms with Crippen LogP contribution in [0.4, 0.5) is 0 Å². The third kappa shape index (κ3) is 2.85. The van der Waals surface area contributed by atoms with Gasteiger partial charge < -0.3 is 10.5 Å². The second kappa shape index (κ2) is 5.72. The van der Waals surface area contributed by atoms with Crippen LogP contribution >= 0.6 is 0 Å². The Balaban J connectivity index is 2.21. The molecule has 2 rings (SSSR count). The first-order valence-electron chi connectivity index (χ1n) is 6.74. The Kier molecular flexibility index (Phi) is 4.25. The predicted octanol–water partition coefficient (Wildman–Crippen LogP) is 2.35. The molecule has 0 radical (unpaired) electrons. The number of fused-ring (bicyclic) bond motifs is 1. The van der Waals surface area contributed by atoms with Crippen LogP contribution in [0.2, 0.25) is 0 Å². The number of likely N-dealkylation sites (N-methyl/N-ethyl adjacent to an activating group) is 1. The highest BCUT2D eigenvalue weighted by atomic mass is 16.5. The Morgan fingerprint density at radius 2 is 2.28 bits per heavy atom. The summed E-state index contributed by atoms with van der Waals surface area (Å²) in [4.78, 5) is 2.44. The van der Waals surface area contributed by atoms with Gasteiger partial charge in [0, 0.05) is 18.6 Å². The van der Waals surface area contributed by atoms with E-state index in [1.165, 1.54) is 11.1 Å². The van der Waals surface area contributed by atoms with Gasteiger partial charge in [-0.25, -0.2) is 0 Å². The molecule has 1 aromatic rings. The summed E-state index contributed by atoms with van der Waals surface area (Å²) in [5.41, 5.74) is 8.76. The summed E-state index contributed by atoms with van der Waals surface area (Å²) in [6.45, 7) is 3.20. The number of hydrogen-bond acceptors (Lipinski definition) is 3. The number of nitrogens with zero attached hydrogens (tertiary/aromatic N) is 1. The van der Waals surface area contributed by atoms with Crippen molar-refractivity contribution in [1.82, 2.24) is 4.90 Å². The summed E-state index contributed by atoms with van der Waals surface area (Å²) < 4.78 is 5.31. The van der Waals surface area contributed by atoms with Crippen LogP contribution in [-0.4, -0.2) is 31.6 Å². The SMILES string of the molecule is COc1ccc2c(c1)CCN(C)C2CCC(C)N. The van der Waals surface area contributed by atoms with Crippen LogP contribution in [-0.2, 0) is 6.42 Å². The lowest BCUT2D eigenvalue weighted by Crippen LogP contribution is -2.33. The lowest BCUT2D eigenvalue weighted by Gasteiger charge is -2.35. The molecule has 1 heterocycles. The van der Waals surface area contributed by atoms with Crippen LogP contribution < -0.4 is 10.5 Å². The second-order valence-corrected chi connectivity index (χ2v) is 5.37. The van der Waals surface area contributed by atoms with Gasteiger partial charge in [0.05, 0.1) is 7.11 Å². The zero-order valence-corrected chi connectivity index (χ0v) is 11.6. The number of benzene rings is 1. The van der Waals surface area contributed by atoms with Crippen molar-refractivity contribution in [3.63, 3.8) is 0 Å². The third-order valence-electron chi connectivity index (χ3n) is 3.87. The van der Waals surface area contributed by atoms with Crippen molar-refractivity contribution < 1.29 is 4.74 Å². The summed E-state index contributed by atoms with van der Waals surface area (Å²) >= 11 is 0. The highest BCUT2D eigenvalue weighted by molar-refractivity contribution is 5.39. The first-order chi connectivity index (χ1) is 8.61. The molecule has 0 bridgehead atoms. The van der Waals surface area contributed by atoms with Gasteiger partial charge in [-0.3, -0.25) is 4.90 Å². The highest BCUT2D eigenvalue weighted by Gasteiger charge is 2.24. The monoisotopic (exact) mass is 248 g/mol. The maximum Gasteiger partial charge on any atom is 0.119 e. The van der Waals surface area contributed by atoms with E-state index in [9.17, 15) is 0 Å². The van der Waals surface area contributed by atoms with E-state index in [1.54, 1.807) is 7.11 Å². The standard InChI is InChI=1S/C15H24N2O/c1-11(16)4-7-15-14-6-5-13(18-3)10-12(14)8-9-17(15)2/h5-6,10-11,15H,4,7-9,16H2,1-3H3. The molecule has 1 aromatic carbocycles. The first kappa shape index (κ1) is 13.4. The fourth-order valence-corrected chi connectivity index (χ4v) is 2.74. The maximum absolute atomic E-state index is 5.88. The van der Waals surface area contributed by atoms with Gasteiger partial charge in [0.2, 0.25) is 0 Å². The topological polar surface area (TPSA) is 38.5 Å². The van der Waals surface area contributed by atoms with E-state index in [0.717, 1.165) is 31.6 Å². The predicted molar refractivity (Wildman–Crippen MR) is 75.0 cm³/mol. The van der Waals surface area contributed by atoms with Crippen LogP contribution in [0.25, 0.3) is 0 Å². The van der Waals surface area contributed by atoms with Crippen LogP contribution in [0.3, 0.4) is 0 Å². The summed E-state index contributed by atoms with van der Waals surface area (Å²) in [5.74, 6) is 0.962. The average Bonchev–Trinajstić information content (AvgIpc) is 2.36. The number of ether oxygens (including phenoxy) is 1. The van der Waals surface area contributed by atoms with Gasteiger partial charge in [-0.2, -0.15) is 0 Å². The zero-order chi connectivity index (χ0) is 13.1. The van der Waals surface area contributed by atoms with Gasteiger partial charge in [0.25, 0.3) is 0 Å². The van der Waals surface area contributed by atoms with Gasteiger partial charge in [-0.05, 0) is 56.5 Å². The molecule has 3 nitrogen and oxygen atoms in total. The van der Waals surface area contributed by atoms with Crippen LogP contribution in [0, 0.1) is 0 Å². The van der Waals surface area contributed by atoms with Crippen molar-refractivity contribution >= 4 is 0 Å². The summed E-state index contributed by atoms with van der Waals surface area (Å²) in [6, 6.07) is 7.25. The van der Waals surface area contributed by atoms with E-state index in [4.69, 9.17) is 10.5 Å². The molecule has 0 spiro atoms. The lowest BCUT2D eigenvalue weighted by molar-refractivity contribution is 0.213. The minimum atomic E-state index is 0.280. The first-order valence-corrected chi connectivity index (χ1v) is 6.74.